The normalized spacial score (nSPS) is 24.8. The van der Waals surface area contributed by atoms with Crippen molar-refractivity contribution in [1.82, 2.24) is 19.7 Å². The van der Waals surface area contributed by atoms with E-state index in [2.05, 4.69) is 34.2 Å². The maximum absolute atomic E-state index is 9.79. The number of nitrogens with one attached hydrogen (secondary N) is 1. The minimum atomic E-state index is -0.253. The Hall–Kier alpha value is -1.95. The zero-order chi connectivity index (χ0) is 13.5. The third-order valence-corrected chi connectivity index (χ3v) is 3.97. The van der Waals surface area contributed by atoms with E-state index >= 15 is 0 Å². The van der Waals surface area contributed by atoms with Crippen molar-refractivity contribution in [2.75, 3.05) is 5.32 Å². The summed E-state index contributed by atoms with van der Waals surface area (Å²) >= 11 is 0. The van der Waals surface area contributed by atoms with E-state index in [1.165, 1.54) is 6.33 Å². The number of hydrogen-bond donors (Lipinski definition) is 2. The van der Waals surface area contributed by atoms with Gasteiger partial charge < -0.3 is 10.4 Å². The summed E-state index contributed by atoms with van der Waals surface area (Å²) in [6.45, 7) is 4.12. The highest BCUT2D eigenvalue weighted by atomic mass is 16.3. The van der Waals surface area contributed by atoms with E-state index in [0.29, 0.717) is 0 Å². The molecule has 1 fully saturated rings. The lowest BCUT2D eigenvalue weighted by molar-refractivity contribution is -0.0510. The third kappa shape index (κ3) is 1.98. The van der Waals surface area contributed by atoms with Gasteiger partial charge in [-0.1, -0.05) is 13.8 Å². The smallest absolute Gasteiger partial charge is 0.178 e. The van der Waals surface area contributed by atoms with Crippen LogP contribution < -0.4 is 5.32 Å². The van der Waals surface area contributed by atoms with Crippen molar-refractivity contribution in [3.8, 4) is 5.82 Å². The van der Waals surface area contributed by atoms with Crippen LogP contribution in [0.25, 0.3) is 5.82 Å². The van der Waals surface area contributed by atoms with E-state index < -0.39 is 0 Å². The molecular formula is C13H17N5O. The first-order valence-corrected chi connectivity index (χ1v) is 6.33. The molecule has 0 aromatic carbocycles. The van der Waals surface area contributed by atoms with Gasteiger partial charge in [0.25, 0.3) is 0 Å². The zero-order valence-corrected chi connectivity index (χ0v) is 11.0. The fourth-order valence-corrected chi connectivity index (χ4v) is 2.34. The van der Waals surface area contributed by atoms with Crippen LogP contribution in [0.1, 0.15) is 20.3 Å². The van der Waals surface area contributed by atoms with Gasteiger partial charge >= 0.3 is 0 Å². The molecule has 0 aliphatic heterocycles. The van der Waals surface area contributed by atoms with E-state index in [1.54, 1.807) is 17.2 Å². The first kappa shape index (κ1) is 12.1. The maximum Gasteiger partial charge on any atom is 0.178 e. The molecule has 0 saturated heterocycles. The summed E-state index contributed by atoms with van der Waals surface area (Å²) in [6, 6.07) is 4.07. The number of hydrogen-bond acceptors (Lipinski definition) is 5. The van der Waals surface area contributed by atoms with Gasteiger partial charge in [-0.3, -0.25) is 0 Å². The summed E-state index contributed by atoms with van der Waals surface area (Å²) in [7, 11) is 0. The highest BCUT2D eigenvalue weighted by molar-refractivity contribution is 5.57. The first-order chi connectivity index (χ1) is 9.09. The minimum absolute atomic E-state index is 0.129. The van der Waals surface area contributed by atoms with Crippen molar-refractivity contribution in [1.29, 1.82) is 0 Å². The molecule has 1 aliphatic rings. The average Bonchev–Trinajstić information content (AvgIpc) is 2.93. The second-order valence-corrected chi connectivity index (χ2v) is 5.48. The van der Waals surface area contributed by atoms with Gasteiger partial charge in [-0.25, -0.2) is 14.6 Å². The Morgan fingerprint density at radius 1 is 1.47 bits per heavy atom. The van der Waals surface area contributed by atoms with Crippen LogP contribution >= 0.6 is 0 Å². The molecule has 0 spiro atoms. The van der Waals surface area contributed by atoms with Crippen LogP contribution in [0.3, 0.4) is 0 Å². The molecule has 2 atom stereocenters. The van der Waals surface area contributed by atoms with Crippen molar-refractivity contribution in [3.63, 3.8) is 0 Å². The zero-order valence-electron chi connectivity index (χ0n) is 11.0. The summed E-state index contributed by atoms with van der Waals surface area (Å²) in [5.41, 5.74) is 0.771. The van der Waals surface area contributed by atoms with Crippen LogP contribution in [-0.4, -0.2) is 37.0 Å². The van der Waals surface area contributed by atoms with Crippen molar-refractivity contribution < 1.29 is 5.11 Å². The highest BCUT2D eigenvalue weighted by Gasteiger charge is 2.47. The fourth-order valence-electron chi connectivity index (χ4n) is 2.34. The largest absolute Gasteiger partial charge is 0.392 e. The quantitative estimate of drug-likeness (QED) is 0.867. The Morgan fingerprint density at radius 2 is 2.32 bits per heavy atom. The van der Waals surface area contributed by atoms with Gasteiger partial charge in [0.15, 0.2) is 5.82 Å². The van der Waals surface area contributed by atoms with Crippen LogP contribution in [0.5, 0.6) is 0 Å². The molecule has 6 heteroatoms. The lowest BCUT2D eigenvalue weighted by Gasteiger charge is -2.49. The van der Waals surface area contributed by atoms with Gasteiger partial charge in [-0.05, 0) is 18.6 Å². The lowest BCUT2D eigenvalue weighted by atomic mass is 9.64. The highest BCUT2D eigenvalue weighted by Crippen LogP contribution is 2.42. The van der Waals surface area contributed by atoms with Crippen LogP contribution in [0.2, 0.25) is 0 Å². The number of aliphatic hydroxyl groups excluding tert-OH is 1. The van der Waals surface area contributed by atoms with E-state index in [1.807, 2.05) is 12.1 Å². The fraction of sp³-hybridized carbons (Fsp3) is 0.462. The molecule has 19 heavy (non-hydrogen) atoms. The van der Waals surface area contributed by atoms with E-state index in [0.717, 1.165) is 17.9 Å². The monoisotopic (exact) mass is 259 g/mol. The molecule has 2 aromatic rings. The maximum atomic E-state index is 9.79. The first-order valence-electron chi connectivity index (χ1n) is 6.33. The predicted molar refractivity (Wildman–Crippen MR) is 71.0 cm³/mol. The Bertz CT molecular complexity index is 566. The van der Waals surface area contributed by atoms with Crippen LogP contribution in [0, 0.1) is 5.41 Å². The molecule has 100 valence electrons. The van der Waals surface area contributed by atoms with E-state index in [9.17, 15) is 5.11 Å². The number of nitrogens with zero attached hydrogens (tertiary/aromatic N) is 4. The van der Waals surface area contributed by atoms with E-state index in [4.69, 9.17) is 0 Å². The number of rotatable bonds is 3. The van der Waals surface area contributed by atoms with Crippen molar-refractivity contribution in [2.24, 2.45) is 5.41 Å². The summed E-state index contributed by atoms with van der Waals surface area (Å²) in [4.78, 5) is 8.27. The van der Waals surface area contributed by atoms with Crippen LogP contribution in [0.15, 0.2) is 31.0 Å². The topological polar surface area (TPSA) is 75.9 Å². The molecule has 2 heterocycles. The van der Waals surface area contributed by atoms with Crippen molar-refractivity contribution in [2.45, 2.75) is 32.4 Å². The SMILES string of the molecule is CC1(C)C(O)CC1Nc1cccnc1-n1cncn1. The van der Waals surface area contributed by atoms with Gasteiger partial charge in [-0.15, -0.1) is 0 Å². The molecule has 1 saturated carbocycles. The third-order valence-electron chi connectivity index (χ3n) is 3.97. The molecule has 0 radical (unpaired) electrons. The van der Waals surface area contributed by atoms with Gasteiger partial charge in [0, 0.05) is 17.7 Å². The number of aliphatic hydroxyl groups is 1. The molecule has 2 unspecified atom stereocenters. The number of aromatic nitrogens is 4. The lowest BCUT2D eigenvalue weighted by Crippen LogP contribution is -2.57. The Labute approximate surface area is 111 Å². The predicted octanol–water partition coefficient (Wildman–Crippen LogP) is 1.23. The van der Waals surface area contributed by atoms with Gasteiger partial charge in [0.1, 0.15) is 12.7 Å². The van der Waals surface area contributed by atoms with Crippen molar-refractivity contribution in [3.05, 3.63) is 31.0 Å². The molecule has 2 aromatic heterocycles. The molecule has 0 amide bonds. The van der Waals surface area contributed by atoms with Crippen LogP contribution in [0.4, 0.5) is 5.69 Å². The summed E-state index contributed by atoms with van der Waals surface area (Å²) < 4.78 is 1.63. The van der Waals surface area contributed by atoms with Gasteiger partial charge in [0.2, 0.25) is 0 Å². The summed E-state index contributed by atoms with van der Waals surface area (Å²) in [5.74, 6) is 0.720. The molecular weight excluding hydrogens is 242 g/mol. The molecule has 6 nitrogen and oxygen atoms in total. The van der Waals surface area contributed by atoms with Crippen molar-refractivity contribution >= 4 is 5.69 Å². The summed E-state index contributed by atoms with van der Waals surface area (Å²) in [6.07, 6.45) is 5.32. The van der Waals surface area contributed by atoms with E-state index in [-0.39, 0.29) is 17.6 Å². The van der Waals surface area contributed by atoms with Crippen LogP contribution in [-0.2, 0) is 0 Å². The second-order valence-electron chi connectivity index (χ2n) is 5.48. The molecule has 1 aliphatic carbocycles. The molecule has 3 rings (SSSR count). The standard InChI is InChI=1S/C13H17N5O/c1-13(2)10(6-11(13)19)17-9-4-3-5-15-12(9)18-8-14-7-16-18/h3-5,7-8,10-11,17,19H,6H2,1-2H3. The molecule has 2 N–H and O–H groups in total. The van der Waals surface area contributed by atoms with Gasteiger partial charge in [-0.2, -0.15) is 5.10 Å². The summed E-state index contributed by atoms with van der Waals surface area (Å²) in [5, 5.41) is 17.3. The number of anilines is 1. The Morgan fingerprint density at radius 3 is 2.95 bits per heavy atom. The van der Waals surface area contributed by atoms with Gasteiger partial charge in [0.05, 0.1) is 11.8 Å². The molecule has 0 bridgehead atoms. The minimum Gasteiger partial charge on any atom is -0.392 e. The average molecular weight is 259 g/mol. The Balaban J connectivity index is 1.87. The second kappa shape index (κ2) is 4.31. The Kier molecular flexibility index (Phi) is 2.74. The number of pyridine rings is 1.